The Bertz CT molecular complexity index is 759. The number of likely N-dealkylation sites (N-methyl/N-ethyl adjacent to an activating group) is 1. The largest absolute Gasteiger partial charge is 0.439 e. The predicted molar refractivity (Wildman–Crippen MR) is 95.7 cm³/mol. The monoisotopic (exact) mass is 358 g/mol. The van der Waals surface area contributed by atoms with Gasteiger partial charge in [0.25, 0.3) is 0 Å². The molecule has 1 N–H and O–H groups in total. The second-order valence-electron chi connectivity index (χ2n) is 6.45. The summed E-state index contributed by atoms with van der Waals surface area (Å²) in [7, 11) is 1.77. The van der Waals surface area contributed by atoms with Gasteiger partial charge in [-0.2, -0.15) is 4.98 Å². The van der Waals surface area contributed by atoms with E-state index in [1.807, 2.05) is 11.8 Å². The minimum absolute atomic E-state index is 0.122. The molecule has 0 saturated carbocycles. The zero-order chi connectivity index (χ0) is 18.5. The van der Waals surface area contributed by atoms with Crippen molar-refractivity contribution in [3.05, 3.63) is 47.7 Å². The maximum atomic E-state index is 13.0. The summed E-state index contributed by atoms with van der Waals surface area (Å²) in [6, 6.07) is 7.60. The van der Waals surface area contributed by atoms with E-state index >= 15 is 0 Å². The van der Waals surface area contributed by atoms with E-state index < -0.39 is 0 Å². The van der Waals surface area contributed by atoms with E-state index in [4.69, 9.17) is 4.74 Å². The number of carbonyl (C=O) groups is 1. The normalized spacial score (nSPS) is 15.1. The molecule has 0 radical (unpaired) electrons. The van der Waals surface area contributed by atoms with Crippen LogP contribution in [0.15, 0.2) is 30.3 Å². The van der Waals surface area contributed by atoms with Crippen molar-refractivity contribution in [1.82, 2.24) is 20.2 Å². The Morgan fingerprint density at radius 1 is 1.27 bits per heavy atom. The summed E-state index contributed by atoms with van der Waals surface area (Å²) in [5.74, 6) is 1.73. The number of halogens is 1. The van der Waals surface area contributed by atoms with Gasteiger partial charge in [0, 0.05) is 30.8 Å². The Hall–Kier alpha value is -2.54. The van der Waals surface area contributed by atoms with Gasteiger partial charge in [0.2, 0.25) is 11.8 Å². The number of ether oxygens (including phenoxy) is 1. The highest BCUT2D eigenvalue weighted by atomic mass is 19.1. The number of likely N-dealkylation sites (tertiary alicyclic amines) is 1. The zero-order valence-corrected chi connectivity index (χ0v) is 15.0. The van der Waals surface area contributed by atoms with Crippen molar-refractivity contribution in [3.63, 3.8) is 0 Å². The molecule has 1 aliphatic heterocycles. The molecular formula is C19H23FN4O2. The SMILES string of the molecule is CNCC(=O)N1CCC(c2nc(C)cc(Oc3ccc(F)cc3)n2)CC1. The number of rotatable bonds is 5. The lowest BCUT2D eigenvalue weighted by Crippen LogP contribution is -2.42. The quantitative estimate of drug-likeness (QED) is 0.890. The number of hydrogen-bond donors (Lipinski definition) is 1. The molecule has 2 aromatic rings. The van der Waals surface area contributed by atoms with E-state index in [-0.39, 0.29) is 17.6 Å². The van der Waals surface area contributed by atoms with Crippen molar-refractivity contribution in [2.24, 2.45) is 0 Å². The number of carbonyl (C=O) groups excluding carboxylic acids is 1. The maximum absolute atomic E-state index is 13.0. The first-order valence-corrected chi connectivity index (χ1v) is 8.76. The van der Waals surface area contributed by atoms with Crippen molar-refractivity contribution >= 4 is 5.91 Å². The Morgan fingerprint density at radius 2 is 1.96 bits per heavy atom. The highest BCUT2D eigenvalue weighted by molar-refractivity contribution is 5.78. The third kappa shape index (κ3) is 4.54. The number of nitrogens with one attached hydrogen (secondary N) is 1. The lowest BCUT2D eigenvalue weighted by molar-refractivity contribution is -0.131. The first kappa shape index (κ1) is 18.3. The fourth-order valence-corrected chi connectivity index (χ4v) is 3.07. The fourth-order valence-electron chi connectivity index (χ4n) is 3.07. The number of aryl methyl sites for hydroxylation is 1. The average Bonchev–Trinajstić information content (AvgIpc) is 2.63. The summed E-state index contributed by atoms with van der Waals surface area (Å²) in [5, 5.41) is 2.89. The molecule has 2 heterocycles. The molecular weight excluding hydrogens is 335 g/mol. The van der Waals surface area contributed by atoms with Gasteiger partial charge in [-0.15, -0.1) is 0 Å². The van der Waals surface area contributed by atoms with Crippen LogP contribution in [-0.4, -0.2) is 47.5 Å². The molecule has 1 aromatic carbocycles. The van der Waals surface area contributed by atoms with Crippen LogP contribution in [0.1, 0.15) is 30.3 Å². The fraction of sp³-hybridized carbons (Fsp3) is 0.421. The van der Waals surface area contributed by atoms with Crippen molar-refractivity contribution in [2.45, 2.75) is 25.7 Å². The highest BCUT2D eigenvalue weighted by Gasteiger charge is 2.25. The zero-order valence-electron chi connectivity index (χ0n) is 15.0. The van der Waals surface area contributed by atoms with Gasteiger partial charge in [-0.3, -0.25) is 4.79 Å². The first-order chi connectivity index (χ1) is 12.5. The van der Waals surface area contributed by atoms with Gasteiger partial charge in [0.1, 0.15) is 17.4 Å². The van der Waals surface area contributed by atoms with Gasteiger partial charge >= 0.3 is 0 Å². The molecule has 6 nitrogen and oxygen atoms in total. The van der Waals surface area contributed by atoms with Crippen LogP contribution in [-0.2, 0) is 4.79 Å². The van der Waals surface area contributed by atoms with Crippen LogP contribution in [0, 0.1) is 12.7 Å². The molecule has 3 rings (SSSR count). The number of piperidine rings is 1. The number of benzene rings is 1. The van der Waals surface area contributed by atoms with Gasteiger partial charge in [0.05, 0.1) is 6.54 Å². The lowest BCUT2D eigenvalue weighted by atomic mass is 9.95. The van der Waals surface area contributed by atoms with E-state index in [2.05, 4.69) is 15.3 Å². The number of nitrogens with zero attached hydrogens (tertiary/aromatic N) is 3. The molecule has 7 heteroatoms. The van der Waals surface area contributed by atoms with Gasteiger partial charge in [-0.25, -0.2) is 9.37 Å². The summed E-state index contributed by atoms with van der Waals surface area (Å²) in [4.78, 5) is 22.9. The van der Waals surface area contributed by atoms with Crippen LogP contribution >= 0.6 is 0 Å². The third-order valence-electron chi connectivity index (χ3n) is 4.42. The van der Waals surface area contributed by atoms with E-state index in [0.717, 1.165) is 24.4 Å². The van der Waals surface area contributed by atoms with Gasteiger partial charge in [-0.05, 0) is 51.1 Å². The van der Waals surface area contributed by atoms with Crippen LogP contribution in [0.2, 0.25) is 0 Å². The molecule has 1 amide bonds. The predicted octanol–water partition coefficient (Wildman–Crippen LogP) is 2.64. The Kier molecular flexibility index (Phi) is 5.78. The molecule has 1 aliphatic rings. The molecule has 0 spiro atoms. The van der Waals surface area contributed by atoms with E-state index in [1.165, 1.54) is 12.1 Å². The second-order valence-corrected chi connectivity index (χ2v) is 6.45. The molecule has 1 saturated heterocycles. The summed E-state index contributed by atoms with van der Waals surface area (Å²) in [5.41, 5.74) is 0.820. The Morgan fingerprint density at radius 3 is 2.62 bits per heavy atom. The van der Waals surface area contributed by atoms with Crippen molar-refractivity contribution in [1.29, 1.82) is 0 Å². The van der Waals surface area contributed by atoms with Crippen LogP contribution in [0.4, 0.5) is 4.39 Å². The summed E-state index contributed by atoms with van der Waals surface area (Å²) in [6.07, 6.45) is 1.66. The molecule has 1 fully saturated rings. The Labute approximate surface area is 152 Å². The van der Waals surface area contributed by atoms with E-state index in [1.54, 1.807) is 25.2 Å². The topological polar surface area (TPSA) is 67.4 Å². The van der Waals surface area contributed by atoms with Crippen molar-refractivity contribution in [2.75, 3.05) is 26.7 Å². The van der Waals surface area contributed by atoms with Crippen LogP contribution in [0.5, 0.6) is 11.6 Å². The van der Waals surface area contributed by atoms with Crippen LogP contribution < -0.4 is 10.1 Å². The van der Waals surface area contributed by atoms with E-state index in [0.29, 0.717) is 31.3 Å². The first-order valence-electron chi connectivity index (χ1n) is 8.76. The molecule has 0 unspecified atom stereocenters. The molecule has 138 valence electrons. The summed E-state index contributed by atoms with van der Waals surface area (Å²) >= 11 is 0. The highest BCUT2D eigenvalue weighted by Crippen LogP contribution is 2.28. The lowest BCUT2D eigenvalue weighted by Gasteiger charge is -2.31. The second kappa shape index (κ2) is 8.23. The third-order valence-corrected chi connectivity index (χ3v) is 4.42. The van der Waals surface area contributed by atoms with Crippen molar-refractivity contribution in [3.8, 4) is 11.6 Å². The minimum Gasteiger partial charge on any atom is -0.439 e. The number of amides is 1. The van der Waals surface area contributed by atoms with E-state index in [9.17, 15) is 9.18 Å². The number of aromatic nitrogens is 2. The average molecular weight is 358 g/mol. The van der Waals surface area contributed by atoms with Crippen molar-refractivity contribution < 1.29 is 13.9 Å². The molecule has 0 bridgehead atoms. The molecule has 26 heavy (non-hydrogen) atoms. The molecule has 0 atom stereocenters. The minimum atomic E-state index is -0.309. The van der Waals surface area contributed by atoms with Crippen LogP contribution in [0.25, 0.3) is 0 Å². The molecule has 1 aromatic heterocycles. The smallest absolute Gasteiger partial charge is 0.236 e. The maximum Gasteiger partial charge on any atom is 0.236 e. The van der Waals surface area contributed by atoms with Crippen LogP contribution in [0.3, 0.4) is 0 Å². The number of hydrogen-bond acceptors (Lipinski definition) is 5. The van der Waals surface area contributed by atoms with Gasteiger partial charge in [0.15, 0.2) is 0 Å². The summed E-state index contributed by atoms with van der Waals surface area (Å²) in [6.45, 7) is 3.67. The standard InChI is InChI=1S/C19H23FN4O2/c1-13-11-17(26-16-5-3-15(20)4-6-16)23-19(22-13)14-7-9-24(10-8-14)18(25)12-21-2/h3-6,11,14,21H,7-10,12H2,1-2H3. The molecule has 0 aliphatic carbocycles. The Balaban J connectivity index is 1.68. The van der Waals surface area contributed by atoms with Gasteiger partial charge < -0.3 is 15.0 Å². The summed E-state index contributed by atoms with van der Waals surface area (Å²) < 4.78 is 18.8. The van der Waals surface area contributed by atoms with Gasteiger partial charge in [-0.1, -0.05) is 0 Å².